The highest BCUT2D eigenvalue weighted by Crippen LogP contribution is 2.33. The fourth-order valence-electron chi connectivity index (χ4n) is 2.57. The van der Waals surface area contributed by atoms with Crippen molar-refractivity contribution in [3.63, 3.8) is 0 Å². The lowest BCUT2D eigenvalue weighted by Gasteiger charge is -2.05. The minimum Gasteiger partial charge on any atom is -0.396 e. The van der Waals surface area contributed by atoms with Gasteiger partial charge in [0.15, 0.2) is 5.69 Å². The lowest BCUT2D eigenvalue weighted by molar-refractivity contribution is -0.825. The van der Waals surface area contributed by atoms with Crippen LogP contribution < -0.4 is 11.2 Å². The molecule has 25 heavy (non-hydrogen) atoms. The Hall–Kier alpha value is -1.69. The molecule has 0 aliphatic heterocycles. The summed E-state index contributed by atoms with van der Waals surface area (Å²) >= 11 is 0. The number of nitrogens with zero attached hydrogens (tertiary/aromatic N) is 1. The van der Waals surface area contributed by atoms with E-state index < -0.39 is 0 Å². The zero-order valence-corrected chi connectivity index (χ0v) is 16.3. The van der Waals surface area contributed by atoms with Crippen LogP contribution in [0.25, 0.3) is 0 Å². The Morgan fingerprint density at radius 3 is 2.40 bits per heavy atom. The van der Waals surface area contributed by atoms with E-state index in [1.807, 2.05) is 32.1 Å². The van der Waals surface area contributed by atoms with E-state index in [9.17, 15) is 5.21 Å². The Morgan fingerprint density at radius 1 is 1.36 bits per heavy atom. The number of allylic oxidation sites excluding steroid dienone is 1. The lowest BCUT2D eigenvalue weighted by Crippen LogP contribution is -2.73. The first-order chi connectivity index (χ1) is 12.0. The molecule has 6 N–H and O–H groups in total. The van der Waals surface area contributed by atoms with Gasteiger partial charge in [0.25, 0.3) is 0 Å². The number of hydrogen-bond acceptors (Lipinski definition) is 3. The van der Waals surface area contributed by atoms with Crippen LogP contribution in [0.2, 0.25) is 0 Å². The predicted octanol–water partition coefficient (Wildman–Crippen LogP) is 3.38. The Balaban J connectivity index is 0.000000845. The van der Waals surface area contributed by atoms with Crippen molar-refractivity contribution in [3.8, 4) is 0 Å². The maximum Gasteiger partial charge on any atom is 0.188 e. The number of amidine groups is 1. The second-order valence-corrected chi connectivity index (χ2v) is 5.95. The van der Waals surface area contributed by atoms with Gasteiger partial charge in [0.05, 0.1) is 5.84 Å². The molecule has 2 rings (SSSR count). The third-order valence-electron chi connectivity index (χ3n) is 3.77. The van der Waals surface area contributed by atoms with Gasteiger partial charge in [-0.2, -0.15) is 5.48 Å². The number of quaternary nitrogens is 1. The molecular weight excluding hydrogens is 314 g/mol. The van der Waals surface area contributed by atoms with Crippen LogP contribution in [0, 0.1) is 5.92 Å². The van der Waals surface area contributed by atoms with E-state index >= 15 is 0 Å². The zero-order chi connectivity index (χ0) is 19.2. The third-order valence-corrected chi connectivity index (χ3v) is 3.77. The van der Waals surface area contributed by atoms with E-state index in [4.69, 9.17) is 10.8 Å². The fraction of sp³-hybridized carbons (Fsp3) is 0.550. The minimum atomic E-state index is 0.108. The average molecular weight is 351 g/mol. The van der Waals surface area contributed by atoms with E-state index in [-0.39, 0.29) is 6.61 Å². The molecule has 0 saturated heterocycles. The number of aliphatic imine (C=N–C) groups is 1. The predicted molar refractivity (Wildman–Crippen MR) is 106 cm³/mol. The van der Waals surface area contributed by atoms with Gasteiger partial charge in [-0.05, 0) is 48.8 Å². The molecule has 5 nitrogen and oxygen atoms in total. The molecule has 1 aromatic carbocycles. The number of fused-ring (bicyclic) bond motifs is 1. The van der Waals surface area contributed by atoms with Crippen molar-refractivity contribution in [1.82, 2.24) is 0 Å². The highest BCUT2D eigenvalue weighted by atomic mass is 16.5. The first-order valence-corrected chi connectivity index (χ1v) is 9.23. The fourth-order valence-corrected chi connectivity index (χ4v) is 2.57. The van der Waals surface area contributed by atoms with Crippen molar-refractivity contribution in [3.05, 3.63) is 35.9 Å². The number of hydrogen-bond donors (Lipinski definition) is 4. The summed E-state index contributed by atoms with van der Waals surface area (Å²) < 4.78 is 0. The lowest BCUT2D eigenvalue weighted by atomic mass is 10.1. The molecule has 1 aliphatic carbocycles. The maximum atomic E-state index is 9.33. The Bertz CT molecular complexity index is 542. The zero-order valence-electron chi connectivity index (χ0n) is 16.3. The quantitative estimate of drug-likeness (QED) is 0.208. The number of nitrogens with two attached hydrogens (primary N) is 2. The van der Waals surface area contributed by atoms with Crippen LogP contribution >= 0.6 is 0 Å². The van der Waals surface area contributed by atoms with Gasteiger partial charge in [0.1, 0.15) is 5.69 Å². The minimum absolute atomic E-state index is 0.108. The summed E-state index contributed by atoms with van der Waals surface area (Å²) in [4.78, 5) is 4.36. The molecule has 0 radical (unpaired) electrons. The van der Waals surface area contributed by atoms with E-state index in [1.165, 1.54) is 11.1 Å². The van der Waals surface area contributed by atoms with E-state index in [0.717, 1.165) is 24.7 Å². The maximum absolute atomic E-state index is 9.33. The van der Waals surface area contributed by atoms with Crippen LogP contribution in [-0.2, 0) is 12.8 Å². The number of rotatable bonds is 6. The molecule has 0 aromatic heterocycles. The van der Waals surface area contributed by atoms with Crippen molar-refractivity contribution in [2.24, 2.45) is 16.6 Å². The molecule has 0 heterocycles. The van der Waals surface area contributed by atoms with Gasteiger partial charge in [-0.25, -0.2) is 10.2 Å². The van der Waals surface area contributed by atoms with Crippen LogP contribution in [0.15, 0.2) is 29.8 Å². The summed E-state index contributed by atoms with van der Waals surface area (Å²) in [5.74, 6) is 1.13. The summed E-state index contributed by atoms with van der Waals surface area (Å²) in [6.45, 7) is 11.9. The summed E-state index contributed by atoms with van der Waals surface area (Å²) in [6.07, 6.45) is 6.24. The van der Waals surface area contributed by atoms with E-state index in [2.05, 4.69) is 25.4 Å². The molecule has 0 bridgehead atoms. The van der Waals surface area contributed by atoms with E-state index in [0.29, 0.717) is 36.0 Å². The normalized spacial score (nSPS) is 15.4. The molecule has 1 aliphatic rings. The van der Waals surface area contributed by atoms with Crippen molar-refractivity contribution in [1.29, 1.82) is 0 Å². The summed E-state index contributed by atoms with van der Waals surface area (Å²) in [6, 6.07) is 4.02. The molecule has 0 saturated carbocycles. The Labute approximate surface area is 152 Å². The Kier molecular flexibility index (Phi) is 12.7. The molecule has 0 fully saturated rings. The first kappa shape index (κ1) is 23.3. The van der Waals surface area contributed by atoms with Gasteiger partial charge < -0.3 is 10.8 Å². The third kappa shape index (κ3) is 8.29. The van der Waals surface area contributed by atoms with Crippen molar-refractivity contribution < 1.29 is 15.8 Å². The molecule has 1 aromatic rings. The molecule has 0 amide bonds. The standard InChI is InChI=1S/C14H21N3O2.C4H8.C2H6/c1-9-5-10-7-12(16-14(15)3-2-4-18)13(17-19)8-11(10)6-9;1-3-4-2;1-2/h7-9,17-19H,2-6H2,1H3,(H2,15,16);3H,1,4H2,2H3;1-2H3/p+1. The number of aliphatic hydroxyl groups excluding tert-OH is 1. The topological polar surface area (TPSA) is 95.5 Å². The second-order valence-electron chi connectivity index (χ2n) is 5.95. The first-order valence-electron chi connectivity index (χ1n) is 9.23. The highest BCUT2D eigenvalue weighted by molar-refractivity contribution is 5.84. The molecule has 142 valence electrons. The van der Waals surface area contributed by atoms with Gasteiger partial charge in [-0.15, -0.1) is 6.58 Å². The highest BCUT2D eigenvalue weighted by Gasteiger charge is 2.21. The van der Waals surface area contributed by atoms with Crippen molar-refractivity contribution in [2.75, 3.05) is 6.61 Å². The largest absolute Gasteiger partial charge is 0.396 e. The van der Waals surface area contributed by atoms with Gasteiger partial charge in [0.2, 0.25) is 0 Å². The molecule has 1 atom stereocenters. The molecular formula is C20H36N3O2+. The summed E-state index contributed by atoms with van der Waals surface area (Å²) in [5, 5.41) is 18.1. The van der Waals surface area contributed by atoms with Crippen LogP contribution in [0.3, 0.4) is 0 Å². The van der Waals surface area contributed by atoms with Crippen molar-refractivity contribution in [2.45, 2.75) is 59.8 Å². The van der Waals surface area contributed by atoms with Crippen LogP contribution in [0.4, 0.5) is 11.4 Å². The van der Waals surface area contributed by atoms with Crippen LogP contribution in [0.5, 0.6) is 0 Å². The smallest absolute Gasteiger partial charge is 0.188 e. The second kappa shape index (κ2) is 13.6. The molecule has 1 unspecified atom stereocenters. The summed E-state index contributed by atoms with van der Waals surface area (Å²) in [7, 11) is 0. The van der Waals surface area contributed by atoms with Gasteiger partial charge in [0, 0.05) is 19.1 Å². The van der Waals surface area contributed by atoms with Crippen LogP contribution in [-0.4, -0.2) is 22.8 Å². The number of aliphatic hydroxyl groups is 1. The van der Waals surface area contributed by atoms with E-state index in [1.54, 1.807) is 0 Å². The van der Waals surface area contributed by atoms with Gasteiger partial charge in [-0.3, -0.25) is 0 Å². The van der Waals surface area contributed by atoms with Gasteiger partial charge in [-0.1, -0.05) is 33.8 Å². The van der Waals surface area contributed by atoms with Crippen LogP contribution in [0.1, 0.15) is 58.1 Å². The average Bonchev–Trinajstić information content (AvgIpc) is 3.00. The SMILES string of the molecule is C=CCC.CC.CC1Cc2cc(N=C(N)CCCO)c([NH2+]O)cc2C1. The molecule has 0 spiro atoms. The summed E-state index contributed by atoms with van der Waals surface area (Å²) in [5.41, 5.74) is 10.9. The van der Waals surface area contributed by atoms with Gasteiger partial charge >= 0.3 is 0 Å². The van der Waals surface area contributed by atoms with Crippen molar-refractivity contribution >= 4 is 17.2 Å². The Morgan fingerprint density at radius 2 is 1.92 bits per heavy atom. The molecule has 5 heteroatoms. The monoisotopic (exact) mass is 350 g/mol. The number of benzene rings is 1.